The molecule has 0 saturated heterocycles. The topological polar surface area (TPSA) is 186 Å². The average molecular weight is 583 g/mol. The Balaban J connectivity index is 2.03. The highest BCUT2D eigenvalue weighted by atomic mass is 32.2. The first-order valence-electron chi connectivity index (χ1n) is 10.6. The number of quaternary nitrogens is 1. The summed E-state index contributed by atoms with van der Waals surface area (Å²) < 4.78 is 40.9. The van der Waals surface area contributed by atoms with E-state index in [1.54, 1.807) is 16.8 Å². The number of benzene rings is 2. The number of anilines is 1. The maximum absolute atomic E-state index is 13.6. The number of carbonyl (C=O) groups excluding carboxylic acids is 1. The third-order valence-electron chi connectivity index (χ3n) is 4.99. The van der Waals surface area contributed by atoms with Crippen LogP contribution in [0.1, 0.15) is 11.1 Å². The number of nitrogens with one attached hydrogen (secondary N) is 2. The van der Waals surface area contributed by atoms with E-state index in [0.29, 0.717) is 11.3 Å². The second-order valence-corrected chi connectivity index (χ2v) is 10.6. The fourth-order valence-corrected chi connectivity index (χ4v) is 4.89. The summed E-state index contributed by atoms with van der Waals surface area (Å²) in [6, 6.07) is 8.75. The molecule has 1 unspecified atom stereocenters. The Morgan fingerprint density at radius 2 is 1.95 bits per heavy atom. The minimum Gasteiger partial charge on any atom is -0.505 e. The Bertz CT molecular complexity index is 1450. The smallest absolute Gasteiger partial charge is 0.350 e. The fourth-order valence-electron chi connectivity index (χ4n) is 3.21. The van der Waals surface area contributed by atoms with E-state index in [1.165, 1.54) is 41.9 Å². The third kappa shape index (κ3) is 7.34. The SMILES string of the molecule is CS(=O)Nc1ccc(N=C(N)C(C(=O)[NH2+]Cc2ccc(F)c(F)c2)=C(O)C(=N)c2ccsc2)c(P(O)O)c1. The van der Waals surface area contributed by atoms with Gasteiger partial charge in [0, 0.05) is 28.5 Å². The van der Waals surface area contributed by atoms with Crippen LogP contribution in [0, 0.1) is 17.0 Å². The van der Waals surface area contributed by atoms with Crippen LogP contribution >= 0.6 is 19.7 Å². The van der Waals surface area contributed by atoms with Gasteiger partial charge < -0.3 is 25.3 Å². The zero-order chi connectivity index (χ0) is 28.0. The number of amidine groups is 1. The summed E-state index contributed by atoms with van der Waals surface area (Å²) >= 11 is 1.26. The Hall–Kier alpha value is -3.39. The number of halogens is 2. The van der Waals surface area contributed by atoms with Crippen molar-refractivity contribution in [3.8, 4) is 0 Å². The van der Waals surface area contributed by atoms with Gasteiger partial charge in [0.25, 0.3) is 0 Å². The maximum Gasteiger partial charge on any atom is 0.350 e. The van der Waals surface area contributed by atoms with Gasteiger partial charge in [-0.05, 0) is 41.8 Å². The number of amides is 1. The summed E-state index contributed by atoms with van der Waals surface area (Å²) in [5.74, 6) is -4.32. The number of nitrogens with two attached hydrogens (primary N) is 2. The zero-order valence-electron chi connectivity index (χ0n) is 19.7. The van der Waals surface area contributed by atoms with Gasteiger partial charge in [-0.2, -0.15) is 11.3 Å². The lowest BCUT2D eigenvalue weighted by molar-refractivity contribution is -0.581. The highest BCUT2D eigenvalue weighted by Crippen LogP contribution is 2.31. The number of hydrogen-bond acceptors (Lipinski definition) is 8. The molecular weight excluding hydrogens is 559 g/mol. The first-order valence-corrected chi connectivity index (χ1v) is 14.4. The van der Waals surface area contributed by atoms with Crippen molar-refractivity contribution < 1.29 is 38.0 Å². The van der Waals surface area contributed by atoms with Gasteiger partial charge in [-0.15, -0.1) is 0 Å². The fraction of sp³-hybridized carbons (Fsp3) is 0.0870. The summed E-state index contributed by atoms with van der Waals surface area (Å²) in [6.07, 6.45) is 1.38. The molecule has 9 N–H and O–H groups in total. The second kappa shape index (κ2) is 12.9. The van der Waals surface area contributed by atoms with E-state index in [4.69, 9.17) is 11.1 Å². The maximum atomic E-state index is 13.6. The summed E-state index contributed by atoms with van der Waals surface area (Å²) in [5.41, 5.74) is 5.99. The van der Waals surface area contributed by atoms with E-state index in [0.717, 1.165) is 17.4 Å². The standard InChI is InChI=1S/C23H22F2N5O5PS2/c1-38(35)30-14-3-5-17(18(9-14)36(33)34)29-22(27)19(21(31)20(26)13-6-7-37-11-13)23(32)28-10-12-2-4-15(24)16(25)8-12/h2-9,11,26,30-31,33-34H,10H2,1H3,(H2,27,29)(H,28,32)/p+1. The molecule has 1 heterocycles. The molecule has 0 saturated carbocycles. The zero-order valence-corrected chi connectivity index (χ0v) is 22.2. The van der Waals surface area contributed by atoms with Crippen molar-refractivity contribution in [1.82, 2.24) is 0 Å². The molecule has 3 aromatic rings. The number of rotatable bonds is 10. The molecule has 3 rings (SSSR count). The summed E-state index contributed by atoms with van der Waals surface area (Å²) in [6.45, 7) is -0.149. The van der Waals surface area contributed by atoms with Crippen LogP contribution in [-0.4, -0.2) is 42.8 Å². The van der Waals surface area contributed by atoms with Crippen molar-refractivity contribution in [3.05, 3.63) is 87.3 Å². The predicted octanol–water partition coefficient (Wildman–Crippen LogP) is 1.81. The number of aliphatic hydroxyl groups is 1. The monoisotopic (exact) mass is 582 g/mol. The molecule has 1 atom stereocenters. The normalized spacial score (nSPS) is 13.3. The minimum absolute atomic E-state index is 0.0492. The van der Waals surface area contributed by atoms with Crippen LogP contribution in [0.3, 0.4) is 0 Å². The van der Waals surface area contributed by atoms with Crippen LogP contribution in [0.15, 0.2) is 69.5 Å². The lowest BCUT2D eigenvalue weighted by Crippen LogP contribution is -2.87. The molecule has 0 fully saturated rings. The molecule has 38 heavy (non-hydrogen) atoms. The highest BCUT2D eigenvalue weighted by molar-refractivity contribution is 7.85. The summed E-state index contributed by atoms with van der Waals surface area (Å²) in [7, 11) is -4.14. The summed E-state index contributed by atoms with van der Waals surface area (Å²) in [5, 5.41) is 23.4. The Morgan fingerprint density at radius 1 is 1.21 bits per heavy atom. The largest absolute Gasteiger partial charge is 0.505 e. The van der Waals surface area contributed by atoms with Gasteiger partial charge in [0.15, 0.2) is 23.0 Å². The minimum atomic E-state index is -2.70. The molecular formula is C23H23F2N5O5PS2+. The number of primary amides is 1. The van der Waals surface area contributed by atoms with Crippen molar-refractivity contribution in [1.29, 1.82) is 5.41 Å². The number of aliphatic imine (C=N–C) groups is 1. The van der Waals surface area contributed by atoms with Crippen LogP contribution < -0.4 is 21.1 Å². The van der Waals surface area contributed by atoms with Crippen LogP contribution in [-0.2, 0) is 22.3 Å². The van der Waals surface area contributed by atoms with E-state index in [-0.39, 0.29) is 23.1 Å². The number of allylic oxidation sites excluding steroid dienone is 1. The van der Waals surface area contributed by atoms with Gasteiger partial charge in [0.1, 0.15) is 29.1 Å². The van der Waals surface area contributed by atoms with E-state index < -0.39 is 59.8 Å². The van der Waals surface area contributed by atoms with Crippen molar-refractivity contribution in [2.24, 2.45) is 10.7 Å². The van der Waals surface area contributed by atoms with Gasteiger partial charge in [-0.25, -0.2) is 22.8 Å². The van der Waals surface area contributed by atoms with Gasteiger partial charge >= 0.3 is 5.91 Å². The Labute approximate surface area is 223 Å². The van der Waals surface area contributed by atoms with E-state index in [1.807, 2.05) is 0 Å². The molecule has 0 spiro atoms. The van der Waals surface area contributed by atoms with Crippen molar-refractivity contribution >= 4 is 64.8 Å². The van der Waals surface area contributed by atoms with Crippen LogP contribution in [0.25, 0.3) is 0 Å². The van der Waals surface area contributed by atoms with Crippen molar-refractivity contribution in [2.75, 3.05) is 11.0 Å². The van der Waals surface area contributed by atoms with Crippen LogP contribution in [0.5, 0.6) is 0 Å². The van der Waals surface area contributed by atoms with Gasteiger partial charge in [-0.3, -0.25) is 10.7 Å². The first kappa shape index (κ1) is 29.2. The molecule has 0 aliphatic carbocycles. The lowest BCUT2D eigenvalue weighted by Gasteiger charge is -2.12. The Kier molecular flexibility index (Phi) is 9.91. The molecule has 0 bridgehead atoms. The molecule has 0 aliphatic heterocycles. The quantitative estimate of drug-likeness (QED) is 0.0628. The number of hydrogen-bond donors (Lipinski definition) is 7. The molecule has 2 aromatic carbocycles. The van der Waals surface area contributed by atoms with E-state index >= 15 is 0 Å². The van der Waals surface area contributed by atoms with E-state index in [9.17, 15) is 32.7 Å². The first-order chi connectivity index (χ1) is 18.0. The van der Waals surface area contributed by atoms with Gasteiger partial charge in [0.05, 0.1) is 11.0 Å². The molecule has 1 amide bonds. The summed E-state index contributed by atoms with van der Waals surface area (Å²) in [4.78, 5) is 37.0. The third-order valence-corrected chi connectivity index (χ3v) is 6.98. The number of aliphatic hydroxyl groups excluding tert-OH is 1. The van der Waals surface area contributed by atoms with Crippen LogP contribution in [0.4, 0.5) is 20.2 Å². The Morgan fingerprint density at radius 3 is 2.55 bits per heavy atom. The molecule has 0 radical (unpaired) electrons. The molecule has 200 valence electrons. The molecule has 1 aromatic heterocycles. The molecule has 0 aliphatic rings. The van der Waals surface area contributed by atoms with E-state index in [2.05, 4.69) is 9.71 Å². The van der Waals surface area contributed by atoms with Crippen molar-refractivity contribution in [3.63, 3.8) is 0 Å². The lowest BCUT2D eigenvalue weighted by atomic mass is 10.1. The number of carbonyl (C=O) groups is 1. The van der Waals surface area contributed by atoms with Crippen molar-refractivity contribution in [2.45, 2.75) is 6.54 Å². The van der Waals surface area contributed by atoms with Crippen LogP contribution in [0.2, 0.25) is 0 Å². The highest BCUT2D eigenvalue weighted by Gasteiger charge is 2.27. The predicted molar refractivity (Wildman–Crippen MR) is 144 cm³/mol. The second-order valence-electron chi connectivity index (χ2n) is 7.68. The number of nitrogens with zero attached hydrogens (tertiary/aromatic N) is 1. The molecule has 10 nitrogen and oxygen atoms in total. The number of thiophene rings is 1. The average Bonchev–Trinajstić information content (AvgIpc) is 3.40. The van der Waals surface area contributed by atoms with Gasteiger partial charge in [0.2, 0.25) is 8.38 Å². The van der Waals surface area contributed by atoms with Gasteiger partial charge in [-0.1, -0.05) is 6.07 Å². The molecule has 15 heteroatoms.